The zero-order valence-electron chi connectivity index (χ0n) is 62.7. The molecule has 0 heterocycles. The summed E-state index contributed by atoms with van der Waals surface area (Å²) in [6.07, 6.45) is 9.03. The third kappa shape index (κ3) is 27.0. The summed E-state index contributed by atoms with van der Waals surface area (Å²) < 4.78 is 63.4. The lowest BCUT2D eigenvalue weighted by molar-refractivity contribution is -0.175. The molecule has 0 fully saturated rings. The monoisotopic (exact) mass is 1420 g/mol. The van der Waals surface area contributed by atoms with Crippen LogP contribution in [0.3, 0.4) is 0 Å². The molecule has 0 rings (SSSR count). The summed E-state index contributed by atoms with van der Waals surface area (Å²) in [4.78, 5) is 164. The minimum Gasteiger partial charge on any atom is -0.461 e. The van der Waals surface area contributed by atoms with Crippen molar-refractivity contribution in [1.82, 2.24) is 0 Å². The van der Waals surface area contributed by atoms with Crippen molar-refractivity contribution in [2.75, 3.05) is 72.7 Å². The molecule has 22 heteroatoms. The van der Waals surface area contributed by atoms with Gasteiger partial charge in [0.15, 0.2) is 0 Å². The fourth-order valence-corrected chi connectivity index (χ4v) is 14.4. The number of hydrogen-bond acceptors (Lipinski definition) is 22. The van der Waals surface area contributed by atoms with Gasteiger partial charge in [0, 0.05) is 0 Å². The summed E-state index contributed by atoms with van der Waals surface area (Å²) in [7, 11) is 0. The minimum atomic E-state index is -2.15. The smallest absolute Gasteiger partial charge is 0.312 e. The van der Waals surface area contributed by atoms with Gasteiger partial charge >= 0.3 is 65.7 Å². The average Bonchev–Trinajstić information content (AvgIpc) is 0.759. The molecule has 0 saturated heterocycles. The van der Waals surface area contributed by atoms with Crippen LogP contribution < -0.4 is 0 Å². The molecule has 0 aliphatic heterocycles. The van der Waals surface area contributed by atoms with E-state index >= 15 is 33.6 Å². The summed E-state index contributed by atoms with van der Waals surface area (Å²) in [5.74, 6) is -10.2. The van der Waals surface area contributed by atoms with Crippen molar-refractivity contribution in [1.29, 1.82) is 0 Å². The van der Waals surface area contributed by atoms with Crippen LogP contribution in [0.2, 0.25) is 0 Å². The van der Waals surface area contributed by atoms with Gasteiger partial charge in [-0.15, -0.1) is 0 Å². The molecule has 0 amide bonds. The lowest BCUT2D eigenvalue weighted by atomic mass is 9.56. The largest absolute Gasteiger partial charge is 0.461 e. The van der Waals surface area contributed by atoms with Crippen molar-refractivity contribution >= 4 is 65.7 Å². The van der Waals surface area contributed by atoms with Crippen LogP contribution in [0.5, 0.6) is 0 Å². The molecule has 0 aromatic heterocycles. The van der Waals surface area contributed by atoms with Gasteiger partial charge in [0.2, 0.25) is 0 Å². The van der Waals surface area contributed by atoms with E-state index in [-0.39, 0.29) is 58.9 Å². The Bertz CT molecular complexity index is 3030. The van der Waals surface area contributed by atoms with Crippen LogP contribution in [0.1, 0.15) is 161 Å². The van der Waals surface area contributed by atoms with Gasteiger partial charge in [-0.25, -0.2) is 0 Å². The number of esters is 11. The molecule has 0 aromatic rings. The maximum Gasteiger partial charge on any atom is 0.312 e. The highest BCUT2D eigenvalue weighted by Gasteiger charge is 2.61. The van der Waals surface area contributed by atoms with E-state index in [1.54, 1.807) is 13.8 Å². The number of hydrogen-bond donors (Lipinski definition) is 0. The molecular formula is C79H116O22. The van der Waals surface area contributed by atoms with Crippen LogP contribution >= 0.6 is 0 Å². The number of ether oxygens (including phenoxy) is 11. The Morgan fingerprint density at radius 2 is 0.307 bits per heavy atom. The molecule has 10 atom stereocenters. The maximum absolute atomic E-state index is 15.5. The van der Waals surface area contributed by atoms with Gasteiger partial charge in [-0.2, -0.15) is 0 Å². The zero-order chi connectivity index (χ0) is 78.0. The standard InChI is InChI=1S/C79H116O22/c1-25-37-91-58(80)69(13,14)48-71(16,60(82)93-39-27-3)50-73(18,62(84)95-41-29-5)52-75(20,64(86)97-43-31-7)54-77(22,66(88)99-45-33-9)56-79(24,68(90)101-47-35-11)57-78(23,67(89)100-46-34-10)55-76(21,65(87)98-44-32-8)53-74(19,63(85)96-42-30-6)51-72(17,61(83)94-40-28-4)49-70(15,36-12)59(81)92-38-26-2/h25-35H,1-11,36-57H2,12-24H3. The molecule has 0 aliphatic rings. The molecule has 564 valence electrons. The predicted molar refractivity (Wildman–Crippen MR) is 384 cm³/mol. The van der Waals surface area contributed by atoms with Gasteiger partial charge in [0.05, 0.1) is 59.6 Å². The first-order valence-corrected chi connectivity index (χ1v) is 33.5. The van der Waals surface area contributed by atoms with E-state index < -0.39 is 210 Å². The van der Waals surface area contributed by atoms with E-state index in [4.69, 9.17) is 52.1 Å². The van der Waals surface area contributed by atoms with Crippen molar-refractivity contribution in [3.05, 3.63) is 139 Å². The Morgan fingerprint density at radius 1 is 0.198 bits per heavy atom. The first kappa shape index (κ1) is 92.3. The van der Waals surface area contributed by atoms with Crippen molar-refractivity contribution < 1.29 is 105 Å². The summed E-state index contributed by atoms with van der Waals surface area (Å²) in [6.45, 7) is 56.2. The number of rotatable bonds is 54. The van der Waals surface area contributed by atoms with Crippen LogP contribution in [0.15, 0.2) is 139 Å². The highest BCUT2D eigenvalue weighted by molar-refractivity contribution is 5.88. The van der Waals surface area contributed by atoms with Gasteiger partial charge in [-0.3, -0.25) is 52.7 Å². The molecule has 0 aromatic carbocycles. The van der Waals surface area contributed by atoms with Gasteiger partial charge in [-0.05, 0) is 154 Å². The Balaban J connectivity index is 9.63. The highest BCUT2D eigenvalue weighted by atomic mass is 16.6. The van der Waals surface area contributed by atoms with Crippen LogP contribution in [0.4, 0.5) is 0 Å². The Labute approximate surface area is 600 Å². The SMILES string of the molecule is C=CCOC(=O)C(C)(C)CC(C)(CC(C)(CC(C)(CC(C)(CC(C)(CC(C)(CC(C)(CC(C)(CC(C)(CC(C)(CC)C(=O)OCC=C)C(=O)OCC=C)C(=O)OCC=C)C(=O)OCC=C)C(=O)OCC=C)C(=O)OCC=C)C(=O)OCC=C)C(=O)OCC=C)C(=O)OCC=C)C(=O)OCC=C. The normalized spacial score (nSPS) is 17.1. The summed E-state index contributed by atoms with van der Waals surface area (Å²) in [5.41, 5.74) is -21.0. The molecule has 0 bridgehead atoms. The molecule has 10 unspecified atom stereocenters. The lowest BCUT2D eigenvalue weighted by Crippen LogP contribution is -2.52. The third-order valence-corrected chi connectivity index (χ3v) is 17.8. The molecule has 0 N–H and O–H groups in total. The van der Waals surface area contributed by atoms with E-state index in [9.17, 15) is 19.2 Å². The first-order valence-electron chi connectivity index (χ1n) is 33.5. The second kappa shape index (κ2) is 41.3. The molecule has 0 radical (unpaired) electrons. The predicted octanol–water partition coefficient (Wildman–Crippen LogP) is 13.4. The van der Waals surface area contributed by atoms with Crippen molar-refractivity contribution in [3.63, 3.8) is 0 Å². The second-order valence-corrected chi connectivity index (χ2v) is 29.4. The highest BCUT2D eigenvalue weighted by Crippen LogP contribution is 2.58. The third-order valence-electron chi connectivity index (χ3n) is 17.8. The summed E-state index contributed by atoms with van der Waals surface area (Å²) in [6, 6.07) is 0. The van der Waals surface area contributed by atoms with Crippen molar-refractivity contribution in [3.8, 4) is 0 Å². The van der Waals surface area contributed by atoms with Gasteiger partial charge in [-0.1, -0.05) is 146 Å². The van der Waals surface area contributed by atoms with E-state index in [0.717, 1.165) is 0 Å². The Kier molecular flexibility index (Phi) is 37.7. The Hall–Kier alpha value is -8.69. The zero-order valence-corrected chi connectivity index (χ0v) is 62.7. The topological polar surface area (TPSA) is 289 Å². The average molecular weight is 1420 g/mol. The Morgan fingerprint density at radius 3 is 0.436 bits per heavy atom. The molecule has 22 nitrogen and oxygen atoms in total. The lowest BCUT2D eigenvalue weighted by Gasteiger charge is -2.47. The van der Waals surface area contributed by atoms with Crippen LogP contribution in [0.25, 0.3) is 0 Å². The van der Waals surface area contributed by atoms with E-state index in [2.05, 4.69) is 72.4 Å². The summed E-state index contributed by atoms with van der Waals surface area (Å²) >= 11 is 0. The second-order valence-electron chi connectivity index (χ2n) is 29.4. The van der Waals surface area contributed by atoms with Crippen LogP contribution in [-0.2, 0) is 105 Å². The van der Waals surface area contributed by atoms with Crippen LogP contribution in [-0.4, -0.2) is 138 Å². The quantitative estimate of drug-likeness (QED) is 0.0310. The van der Waals surface area contributed by atoms with E-state index in [0.29, 0.717) is 0 Å². The molecule has 0 aliphatic carbocycles. The van der Waals surface area contributed by atoms with Gasteiger partial charge in [0.25, 0.3) is 0 Å². The van der Waals surface area contributed by atoms with E-state index in [1.807, 2.05) is 0 Å². The number of carbonyl (C=O) groups excluding carboxylic acids is 11. The van der Waals surface area contributed by atoms with Crippen molar-refractivity contribution in [2.24, 2.45) is 59.6 Å². The maximum atomic E-state index is 15.5. The molecule has 0 saturated carbocycles. The van der Waals surface area contributed by atoms with Crippen LogP contribution in [0, 0.1) is 59.6 Å². The molecule has 0 spiro atoms. The number of carbonyl (C=O) groups is 11. The summed E-state index contributed by atoms with van der Waals surface area (Å²) in [5, 5.41) is 0. The van der Waals surface area contributed by atoms with Gasteiger partial charge in [0.1, 0.15) is 72.7 Å². The van der Waals surface area contributed by atoms with E-state index in [1.165, 1.54) is 143 Å². The fraction of sp³-hybridized carbons (Fsp3) is 0.582. The molecule has 101 heavy (non-hydrogen) atoms. The molecular weight excluding hydrogens is 1300 g/mol. The fourth-order valence-electron chi connectivity index (χ4n) is 14.4. The first-order chi connectivity index (χ1) is 46.9. The van der Waals surface area contributed by atoms with Gasteiger partial charge < -0.3 is 52.1 Å². The minimum absolute atomic E-state index is 0.133. The van der Waals surface area contributed by atoms with Crippen molar-refractivity contribution in [2.45, 2.75) is 161 Å².